The van der Waals surface area contributed by atoms with Crippen LogP contribution in [0.25, 0.3) is 0 Å². The fourth-order valence-electron chi connectivity index (χ4n) is 2.04. The molecule has 0 saturated heterocycles. The molecule has 1 unspecified atom stereocenters. The number of esters is 1. The molecule has 0 aliphatic heterocycles. The molecule has 1 aliphatic carbocycles. The number of carbonyl (C=O) groups excluding carboxylic acids is 2. The van der Waals surface area contributed by atoms with Crippen LogP contribution in [0.1, 0.15) is 39.0 Å². The summed E-state index contributed by atoms with van der Waals surface area (Å²) in [6.45, 7) is 1.55. The van der Waals surface area contributed by atoms with Crippen LogP contribution < -0.4 is 5.32 Å². The van der Waals surface area contributed by atoms with Crippen LogP contribution in [0.15, 0.2) is 0 Å². The molecular formula is C11H18N2O5. The van der Waals surface area contributed by atoms with Gasteiger partial charge in [-0.2, -0.15) is 0 Å². The van der Waals surface area contributed by atoms with Crippen LogP contribution in [0, 0.1) is 10.1 Å². The number of nitrogens with one attached hydrogen (secondary N) is 1. The second kappa shape index (κ2) is 6.93. The van der Waals surface area contributed by atoms with Gasteiger partial charge in [0.1, 0.15) is 0 Å². The summed E-state index contributed by atoms with van der Waals surface area (Å²) in [4.78, 5) is 32.9. The van der Waals surface area contributed by atoms with Gasteiger partial charge in [-0.25, -0.2) is 4.79 Å². The zero-order valence-corrected chi connectivity index (χ0v) is 10.4. The molecule has 0 heterocycles. The van der Waals surface area contributed by atoms with Crippen molar-refractivity contribution in [3.8, 4) is 0 Å². The molecule has 1 saturated carbocycles. The molecule has 1 rings (SSSR count). The lowest BCUT2D eigenvalue weighted by Crippen LogP contribution is -2.49. The summed E-state index contributed by atoms with van der Waals surface area (Å²) in [5.74, 6) is -1.97. The lowest BCUT2D eigenvalue weighted by atomic mass is 9.95. The van der Waals surface area contributed by atoms with Gasteiger partial charge in [0.2, 0.25) is 0 Å². The van der Waals surface area contributed by atoms with Crippen molar-refractivity contribution < 1.29 is 19.2 Å². The number of nitro groups is 1. The maximum atomic E-state index is 11.7. The van der Waals surface area contributed by atoms with Crippen molar-refractivity contribution in [3.05, 3.63) is 10.1 Å². The maximum absolute atomic E-state index is 11.7. The molecule has 0 bridgehead atoms. The predicted molar refractivity (Wildman–Crippen MR) is 62.4 cm³/mol. The van der Waals surface area contributed by atoms with Crippen LogP contribution in [0.3, 0.4) is 0 Å². The molecule has 7 nitrogen and oxygen atoms in total. The van der Waals surface area contributed by atoms with Crippen molar-refractivity contribution >= 4 is 11.9 Å². The molecule has 0 aromatic rings. The highest BCUT2D eigenvalue weighted by molar-refractivity contribution is 6.00. The molecule has 1 fully saturated rings. The summed E-state index contributed by atoms with van der Waals surface area (Å²) in [7, 11) is 0. The monoisotopic (exact) mass is 258 g/mol. The van der Waals surface area contributed by atoms with E-state index in [0.29, 0.717) is 0 Å². The molecule has 0 spiro atoms. The third-order valence-corrected chi connectivity index (χ3v) is 2.92. The average Bonchev–Trinajstić information content (AvgIpc) is 2.30. The van der Waals surface area contributed by atoms with Crippen LogP contribution in [0.5, 0.6) is 0 Å². The SMILES string of the molecule is CCOC(=O)C(C(=O)NC1CCCCC1)[N+](=O)[O-]. The van der Waals surface area contributed by atoms with Crippen LogP contribution in [0.2, 0.25) is 0 Å². The molecule has 102 valence electrons. The van der Waals surface area contributed by atoms with Crippen molar-refractivity contribution in [2.24, 2.45) is 0 Å². The van der Waals surface area contributed by atoms with Crippen molar-refractivity contribution in [2.45, 2.75) is 51.1 Å². The Labute approximate surface area is 105 Å². The van der Waals surface area contributed by atoms with Gasteiger partial charge in [-0.05, 0) is 19.8 Å². The minimum Gasteiger partial charge on any atom is -0.460 e. The van der Waals surface area contributed by atoms with Crippen LogP contribution in [-0.2, 0) is 14.3 Å². The first-order valence-corrected chi connectivity index (χ1v) is 6.16. The van der Waals surface area contributed by atoms with E-state index >= 15 is 0 Å². The smallest absolute Gasteiger partial charge is 0.392 e. The van der Waals surface area contributed by atoms with Crippen molar-refractivity contribution in [3.63, 3.8) is 0 Å². The number of carbonyl (C=O) groups is 2. The highest BCUT2D eigenvalue weighted by Crippen LogP contribution is 2.17. The Bertz CT molecular complexity index is 325. The summed E-state index contributed by atoms with van der Waals surface area (Å²) in [6.07, 6.45) is 4.71. The first kappa shape index (κ1) is 14.4. The van der Waals surface area contributed by atoms with Gasteiger partial charge in [-0.1, -0.05) is 19.3 Å². The first-order chi connectivity index (χ1) is 8.56. The van der Waals surface area contributed by atoms with Gasteiger partial charge in [0.25, 0.3) is 0 Å². The van der Waals surface area contributed by atoms with E-state index in [-0.39, 0.29) is 12.6 Å². The molecule has 0 aromatic heterocycles. The summed E-state index contributed by atoms with van der Waals surface area (Å²) >= 11 is 0. The van der Waals surface area contributed by atoms with Crippen LogP contribution in [-0.4, -0.2) is 35.5 Å². The minimum atomic E-state index is -1.95. The van der Waals surface area contributed by atoms with Gasteiger partial charge in [0, 0.05) is 11.0 Å². The highest BCUT2D eigenvalue weighted by atomic mass is 16.6. The maximum Gasteiger partial charge on any atom is 0.392 e. The fourth-order valence-corrected chi connectivity index (χ4v) is 2.04. The molecule has 0 radical (unpaired) electrons. The normalized spacial score (nSPS) is 17.8. The second-order valence-electron chi connectivity index (χ2n) is 4.28. The summed E-state index contributed by atoms with van der Waals surface area (Å²) in [5.41, 5.74) is 0. The Morgan fingerprint density at radius 1 is 1.39 bits per heavy atom. The van der Waals surface area contributed by atoms with Crippen molar-refractivity contribution in [2.75, 3.05) is 6.61 Å². The Kier molecular flexibility index (Phi) is 5.54. The van der Waals surface area contributed by atoms with Gasteiger partial charge in [0.15, 0.2) is 0 Å². The topological polar surface area (TPSA) is 98.5 Å². The molecular weight excluding hydrogens is 240 g/mol. The highest BCUT2D eigenvalue weighted by Gasteiger charge is 2.40. The standard InChI is InChI=1S/C11H18N2O5/c1-2-18-11(15)9(13(16)17)10(14)12-8-6-4-3-5-7-8/h8-9H,2-7H2,1H3,(H,12,14). The molecule has 1 atom stereocenters. The molecule has 1 amide bonds. The lowest BCUT2D eigenvalue weighted by Gasteiger charge is -2.22. The quantitative estimate of drug-likeness (QED) is 0.338. The van der Waals surface area contributed by atoms with E-state index in [4.69, 9.17) is 0 Å². The third kappa shape index (κ3) is 3.97. The molecule has 1 N–H and O–H groups in total. The number of rotatable bonds is 5. The van der Waals surface area contributed by atoms with E-state index in [1.807, 2.05) is 0 Å². The molecule has 7 heteroatoms. The largest absolute Gasteiger partial charge is 0.460 e. The van der Waals surface area contributed by atoms with E-state index in [9.17, 15) is 19.7 Å². The fraction of sp³-hybridized carbons (Fsp3) is 0.818. The molecule has 0 aromatic carbocycles. The van der Waals surface area contributed by atoms with Gasteiger partial charge in [-0.3, -0.25) is 14.9 Å². The zero-order valence-electron chi connectivity index (χ0n) is 10.4. The second-order valence-corrected chi connectivity index (χ2v) is 4.28. The Hall–Kier alpha value is -1.66. The summed E-state index contributed by atoms with van der Waals surface area (Å²) in [5, 5.41) is 13.3. The van der Waals surface area contributed by atoms with Crippen molar-refractivity contribution in [1.82, 2.24) is 5.32 Å². The van der Waals surface area contributed by atoms with Gasteiger partial charge >= 0.3 is 17.9 Å². The average molecular weight is 258 g/mol. The van der Waals surface area contributed by atoms with Crippen LogP contribution in [0.4, 0.5) is 0 Å². The third-order valence-electron chi connectivity index (χ3n) is 2.92. The Morgan fingerprint density at radius 3 is 2.50 bits per heavy atom. The number of nitrogens with zero attached hydrogens (tertiary/aromatic N) is 1. The summed E-state index contributed by atoms with van der Waals surface area (Å²) in [6, 6.07) is -2.02. The Morgan fingerprint density at radius 2 is 2.00 bits per heavy atom. The molecule has 1 aliphatic rings. The van der Waals surface area contributed by atoms with Gasteiger partial charge in [-0.15, -0.1) is 0 Å². The van der Waals surface area contributed by atoms with E-state index < -0.39 is 22.8 Å². The summed E-state index contributed by atoms with van der Waals surface area (Å²) < 4.78 is 4.53. The zero-order chi connectivity index (χ0) is 13.5. The number of hydrogen-bond acceptors (Lipinski definition) is 5. The van der Waals surface area contributed by atoms with Crippen LogP contribution >= 0.6 is 0 Å². The predicted octanol–water partition coefficient (Wildman–Crippen LogP) is 0.644. The number of amides is 1. The van der Waals surface area contributed by atoms with Gasteiger partial charge < -0.3 is 10.1 Å². The van der Waals surface area contributed by atoms with Gasteiger partial charge in [0.05, 0.1) is 6.61 Å². The molecule has 18 heavy (non-hydrogen) atoms. The van der Waals surface area contributed by atoms with E-state index in [1.165, 1.54) is 6.92 Å². The lowest BCUT2D eigenvalue weighted by molar-refractivity contribution is -0.496. The first-order valence-electron chi connectivity index (χ1n) is 6.16. The Balaban J connectivity index is 2.58. The van der Waals surface area contributed by atoms with E-state index in [2.05, 4.69) is 10.1 Å². The van der Waals surface area contributed by atoms with E-state index in [0.717, 1.165) is 32.1 Å². The van der Waals surface area contributed by atoms with Crippen molar-refractivity contribution in [1.29, 1.82) is 0 Å². The minimum absolute atomic E-state index is 0.0138. The number of hydrogen-bond donors (Lipinski definition) is 1. The van der Waals surface area contributed by atoms with E-state index in [1.54, 1.807) is 0 Å². The number of ether oxygens (including phenoxy) is 1.